The number of carbonyl (C=O) groups is 1. The van der Waals surface area contributed by atoms with Crippen LogP contribution >= 0.6 is 0 Å². The van der Waals surface area contributed by atoms with E-state index in [4.69, 9.17) is 0 Å². The molecular weight excluding hydrogens is 270 g/mol. The molecule has 3 aromatic carbocycles. The highest BCUT2D eigenvalue weighted by Crippen LogP contribution is 2.24. The zero-order valence-electron chi connectivity index (χ0n) is 12.8. The minimum Gasteiger partial charge on any atom is -0.345 e. The molecule has 0 bridgehead atoms. The van der Waals surface area contributed by atoms with Gasteiger partial charge in [0.05, 0.1) is 6.04 Å². The second-order valence-electron chi connectivity index (χ2n) is 5.63. The molecule has 0 fully saturated rings. The average Bonchev–Trinajstić information content (AvgIpc) is 2.54. The zero-order chi connectivity index (χ0) is 15.5. The molecule has 0 saturated heterocycles. The van der Waals surface area contributed by atoms with Crippen LogP contribution in [0.25, 0.3) is 10.8 Å². The molecule has 3 rings (SSSR count). The Kier molecular flexibility index (Phi) is 3.92. The summed E-state index contributed by atoms with van der Waals surface area (Å²) in [7, 11) is 0. The molecular formula is C20H19NO. The molecule has 0 heterocycles. The predicted molar refractivity (Wildman–Crippen MR) is 91.0 cm³/mol. The molecule has 3 aromatic rings. The lowest BCUT2D eigenvalue weighted by molar-refractivity contribution is 0.0940. The lowest BCUT2D eigenvalue weighted by Gasteiger charge is -2.17. The van der Waals surface area contributed by atoms with E-state index in [0.717, 1.165) is 11.1 Å². The number of carbonyl (C=O) groups excluding carboxylic acids is 1. The van der Waals surface area contributed by atoms with Gasteiger partial charge in [-0.25, -0.2) is 0 Å². The van der Waals surface area contributed by atoms with Crippen LogP contribution in [0, 0.1) is 6.92 Å². The summed E-state index contributed by atoms with van der Waals surface area (Å²) in [5.74, 6) is -0.0378. The normalized spacial score (nSPS) is 12.1. The first-order valence-corrected chi connectivity index (χ1v) is 7.50. The van der Waals surface area contributed by atoms with E-state index >= 15 is 0 Å². The third-order valence-electron chi connectivity index (χ3n) is 3.92. The Hall–Kier alpha value is -2.61. The number of benzene rings is 3. The monoisotopic (exact) mass is 289 g/mol. The van der Waals surface area contributed by atoms with Crippen molar-refractivity contribution in [2.45, 2.75) is 19.9 Å². The van der Waals surface area contributed by atoms with Gasteiger partial charge in [0, 0.05) is 5.56 Å². The fraction of sp³-hybridized carbons (Fsp3) is 0.150. The van der Waals surface area contributed by atoms with Crippen LogP contribution in [0.5, 0.6) is 0 Å². The van der Waals surface area contributed by atoms with Gasteiger partial charge in [0.2, 0.25) is 0 Å². The van der Waals surface area contributed by atoms with Gasteiger partial charge < -0.3 is 5.32 Å². The Labute approximate surface area is 130 Å². The summed E-state index contributed by atoms with van der Waals surface area (Å²) in [5.41, 5.74) is 2.93. The maximum Gasteiger partial charge on any atom is 0.251 e. The first-order valence-electron chi connectivity index (χ1n) is 7.50. The Morgan fingerprint density at radius 2 is 1.68 bits per heavy atom. The number of nitrogens with one attached hydrogen (secondary N) is 1. The van der Waals surface area contributed by atoms with Crippen LogP contribution in [0.2, 0.25) is 0 Å². The number of fused-ring (bicyclic) bond motifs is 1. The summed E-state index contributed by atoms with van der Waals surface area (Å²) in [4.78, 5) is 12.4. The fourth-order valence-electron chi connectivity index (χ4n) is 2.77. The van der Waals surface area contributed by atoms with Crippen molar-refractivity contribution in [2.75, 3.05) is 0 Å². The van der Waals surface area contributed by atoms with Crippen molar-refractivity contribution >= 4 is 16.7 Å². The Morgan fingerprint density at radius 3 is 2.50 bits per heavy atom. The quantitative estimate of drug-likeness (QED) is 0.747. The summed E-state index contributed by atoms with van der Waals surface area (Å²) in [6.45, 7) is 4.01. The van der Waals surface area contributed by atoms with Gasteiger partial charge in [0.25, 0.3) is 5.91 Å². The zero-order valence-corrected chi connectivity index (χ0v) is 12.8. The second kappa shape index (κ2) is 6.02. The lowest BCUT2D eigenvalue weighted by Crippen LogP contribution is -2.26. The van der Waals surface area contributed by atoms with E-state index in [0.29, 0.717) is 5.56 Å². The van der Waals surface area contributed by atoms with Crippen LogP contribution in [0.4, 0.5) is 0 Å². The van der Waals surface area contributed by atoms with Gasteiger partial charge >= 0.3 is 0 Å². The van der Waals surface area contributed by atoms with Crippen molar-refractivity contribution in [1.82, 2.24) is 5.32 Å². The molecule has 0 spiro atoms. The Bertz CT molecular complexity index is 817. The molecule has 2 heteroatoms. The molecule has 2 nitrogen and oxygen atoms in total. The van der Waals surface area contributed by atoms with Crippen LogP contribution in [0.3, 0.4) is 0 Å². The van der Waals surface area contributed by atoms with Crippen molar-refractivity contribution in [1.29, 1.82) is 0 Å². The van der Waals surface area contributed by atoms with Crippen molar-refractivity contribution < 1.29 is 4.79 Å². The van der Waals surface area contributed by atoms with Gasteiger partial charge in [-0.3, -0.25) is 4.79 Å². The SMILES string of the molecule is Cc1cccc(C(=O)NC(C)c2cccc3ccccc23)c1. The topological polar surface area (TPSA) is 29.1 Å². The Balaban J connectivity index is 1.87. The van der Waals surface area contributed by atoms with Gasteiger partial charge in [0.1, 0.15) is 0 Å². The van der Waals surface area contributed by atoms with Gasteiger partial charge in [-0.2, -0.15) is 0 Å². The third kappa shape index (κ3) is 2.86. The largest absolute Gasteiger partial charge is 0.345 e. The number of rotatable bonds is 3. The van der Waals surface area contributed by atoms with Crippen molar-refractivity contribution in [3.8, 4) is 0 Å². The fourth-order valence-corrected chi connectivity index (χ4v) is 2.77. The Morgan fingerprint density at radius 1 is 0.955 bits per heavy atom. The van der Waals surface area contributed by atoms with Crippen molar-refractivity contribution in [2.24, 2.45) is 0 Å². The summed E-state index contributed by atoms with van der Waals surface area (Å²) >= 11 is 0. The third-order valence-corrected chi connectivity index (χ3v) is 3.92. The molecule has 110 valence electrons. The molecule has 0 aliphatic rings. The van der Waals surface area contributed by atoms with Crippen LogP contribution in [-0.4, -0.2) is 5.91 Å². The van der Waals surface area contributed by atoms with E-state index in [1.165, 1.54) is 10.8 Å². The molecule has 0 aromatic heterocycles. The summed E-state index contributed by atoms with van der Waals surface area (Å²) in [5, 5.41) is 5.47. The minimum absolute atomic E-state index is 0.0378. The van der Waals surface area contributed by atoms with Gasteiger partial charge in [-0.05, 0) is 42.3 Å². The molecule has 1 atom stereocenters. The first-order chi connectivity index (χ1) is 10.6. The van der Waals surface area contributed by atoms with E-state index in [9.17, 15) is 4.79 Å². The van der Waals surface area contributed by atoms with Gasteiger partial charge in [-0.1, -0.05) is 60.2 Å². The molecule has 1 unspecified atom stereocenters. The van der Waals surface area contributed by atoms with E-state index in [-0.39, 0.29) is 11.9 Å². The van der Waals surface area contributed by atoms with E-state index in [1.54, 1.807) is 0 Å². The van der Waals surface area contributed by atoms with Gasteiger partial charge in [-0.15, -0.1) is 0 Å². The maximum absolute atomic E-state index is 12.4. The van der Waals surface area contributed by atoms with Gasteiger partial charge in [0.15, 0.2) is 0 Å². The lowest BCUT2D eigenvalue weighted by atomic mass is 9.99. The number of hydrogen-bond donors (Lipinski definition) is 1. The number of amides is 1. The van der Waals surface area contributed by atoms with Crippen LogP contribution in [0.15, 0.2) is 66.7 Å². The highest BCUT2D eigenvalue weighted by molar-refractivity contribution is 5.95. The standard InChI is InChI=1S/C20H19NO/c1-14-7-5-10-17(13-14)20(22)21-15(2)18-12-6-9-16-8-3-4-11-19(16)18/h3-13,15H,1-2H3,(H,21,22). The highest BCUT2D eigenvalue weighted by atomic mass is 16.1. The second-order valence-corrected chi connectivity index (χ2v) is 5.63. The molecule has 0 radical (unpaired) electrons. The van der Waals surface area contributed by atoms with Crippen LogP contribution in [0.1, 0.15) is 34.5 Å². The van der Waals surface area contributed by atoms with Crippen LogP contribution in [-0.2, 0) is 0 Å². The number of aryl methyl sites for hydroxylation is 1. The summed E-state index contributed by atoms with van der Waals surface area (Å²) in [6.07, 6.45) is 0. The molecule has 0 saturated carbocycles. The summed E-state index contributed by atoms with van der Waals surface area (Å²) < 4.78 is 0. The average molecular weight is 289 g/mol. The molecule has 0 aliphatic heterocycles. The number of hydrogen-bond acceptors (Lipinski definition) is 1. The summed E-state index contributed by atoms with van der Waals surface area (Å²) in [6, 6.07) is 22.1. The van der Waals surface area contributed by atoms with Crippen molar-refractivity contribution in [3.63, 3.8) is 0 Å². The van der Waals surface area contributed by atoms with E-state index in [1.807, 2.05) is 56.3 Å². The first kappa shape index (κ1) is 14.3. The maximum atomic E-state index is 12.4. The van der Waals surface area contributed by atoms with E-state index in [2.05, 4.69) is 29.6 Å². The van der Waals surface area contributed by atoms with Crippen LogP contribution < -0.4 is 5.32 Å². The molecule has 0 aliphatic carbocycles. The molecule has 1 amide bonds. The molecule has 1 N–H and O–H groups in total. The predicted octanol–water partition coefficient (Wildman–Crippen LogP) is 4.64. The minimum atomic E-state index is -0.0425. The highest BCUT2D eigenvalue weighted by Gasteiger charge is 2.13. The van der Waals surface area contributed by atoms with Crippen molar-refractivity contribution in [3.05, 3.63) is 83.4 Å². The smallest absolute Gasteiger partial charge is 0.251 e. The molecule has 22 heavy (non-hydrogen) atoms. The van der Waals surface area contributed by atoms with E-state index < -0.39 is 0 Å².